The normalized spacial score (nSPS) is 12.1. The first-order chi connectivity index (χ1) is 8.26. The Morgan fingerprint density at radius 1 is 1.47 bits per heavy atom. The number of thioether (sulfide) groups is 1. The summed E-state index contributed by atoms with van der Waals surface area (Å²) in [6.45, 7) is 2.13. The van der Waals surface area contributed by atoms with E-state index in [0.717, 1.165) is 25.0 Å². The van der Waals surface area contributed by atoms with E-state index in [4.69, 9.17) is 6.42 Å². The number of unbranched alkanes of at least 4 members (excludes halogenated alkanes) is 1. The van der Waals surface area contributed by atoms with E-state index in [-0.39, 0.29) is 0 Å². The Hall–Kier alpha value is -0.910. The molecular formula is C15H21NS. The maximum Gasteiger partial charge on any atom is 0.0159 e. The van der Waals surface area contributed by atoms with E-state index >= 15 is 0 Å². The lowest BCUT2D eigenvalue weighted by Gasteiger charge is -2.15. The highest BCUT2D eigenvalue weighted by atomic mass is 32.2. The van der Waals surface area contributed by atoms with Crippen molar-refractivity contribution in [2.24, 2.45) is 0 Å². The van der Waals surface area contributed by atoms with Crippen molar-refractivity contribution in [3.05, 3.63) is 29.8 Å². The molecule has 0 spiro atoms. The van der Waals surface area contributed by atoms with Crippen molar-refractivity contribution < 1.29 is 0 Å². The van der Waals surface area contributed by atoms with Gasteiger partial charge in [0.1, 0.15) is 0 Å². The van der Waals surface area contributed by atoms with E-state index < -0.39 is 0 Å². The molecule has 0 aliphatic rings. The van der Waals surface area contributed by atoms with Crippen molar-refractivity contribution in [1.29, 1.82) is 0 Å². The Morgan fingerprint density at radius 3 is 2.94 bits per heavy atom. The maximum atomic E-state index is 5.26. The van der Waals surface area contributed by atoms with E-state index in [2.05, 4.69) is 42.4 Å². The molecule has 1 aromatic carbocycles. The summed E-state index contributed by atoms with van der Waals surface area (Å²) in [4.78, 5) is 1.35. The third-order valence-corrected chi connectivity index (χ3v) is 3.88. The molecule has 0 aromatic heterocycles. The molecule has 0 saturated heterocycles. The van der Waals surface area contributed by atoms with E-state index in [0.29, 0.717) is 6.04 Å². The van der Waals surface area contributed by atoms with Gasteiger partial charge in [0.25, 0.3) is 0 Å². The number of terminal acetylenes is 1. The Bertz CT molecular complexity index is 367. The average molecular weight is 247 g/mol. The Kier molecular flexibility index (Phi) is 6.84. The summed E-state index contributed by atoms with van der Waals surface area (Å²) < 4.78 is 0. The van der Waals surface area contributed by atoms with E-state index in [1.807, 2.05) is 18.8 Å². The van der Waals surface area contributed by atoms with Crippen molar-refractivity contribution >= 4 is 11.8 Å². The van der Waals surface area contributed by atoms with Gasteiger partial charge in [-0.15, -0.1) is 24.1 Å². The molecule has 0 bridgehead atoms. The standard InChI is InChI=1S/C15H21NS/c1-4-5-6-9-14(16-3)12-17-15-10-7-8-13(2)11-15/h1,7-8,10-11,14,16H,5-6,9,12H2,2-3H3. The Morgan fingerprint density at radius 2 is 2.29 bits per heavy atom. The summed E-state index contributed by atoms with van der Waals surface area (Å²) >= 11 is 1.91. The molecule has 0 fully saturated rings. The maximum absolute atomic E-state index is 5.26. The van der Waals surface area contributed by atoms with Gasteiger partial charge in [0.15, 0.2) is 0 Å². The van der Waals surface area contributed by atoms with Crippen LogP contribution in [0.5, 0.6) is 0 Å². The fourth-order valence-electron chi connectivity index (χ4n) is 1.66. The number of aryl methyl sites for hydroxylation is 1. The summed E-state index contributed by atoms with van der Waals surface area (Å²) in [5.41, 5.74) is 1.32. The molecule has 0 amide bonds. The minimum absolute atomic E-state index is 0.550. The second-order valence-corrected chi connectivity index (χ2v) is 5.30. The lowest BCUT2D eigenvalue weighted by molar-refractivity contribution is 0.554. The fraction of sp³-hybridized carbons (Fsp3) is 0.467. The SMILES string of the molecule is C#CCCCC(CSc1cccc(C)c1)NC. The molecule has 0 radical (unpaired) electrons. The van der Waals surface area contributed by atoms with Crippen molar-refractivity contribution in [2.75, 3.05) is 12.8 Å². The molecule has 0 saturated carbocycles. The lowest BCUT2D eigenvalue weighted by atomic mass is 10.1. The highest BCUT2D eigenvalue weighted by molar-refractivity contribution is 7.99. The topological polar surface area (TPSA) is 12.0 Å². The summed E-state index contributed by atoms with van der Waals surface area (Å²) in [5.74, 6) is 3.80. The largest absolute Gasteiger partial charge is 0.316 e. The first-order valence-corrected chi connectivity index (χ1v) is 7.05. The van der Waals surface area contributed by atoms with Crippen LogP contribution in [-0.2, 0) is 0 Å². The zero-order valence-electron chi connectivity index (χ0n) is 10.7. The first kappa shape index (κ1) is 14.2. The molecule has 0 aliphatic heterocycles. The van der Waals surface area contributed by atoms with Crippen LogP contribution in [0.2, 0.25) is 0 Å². The van der Waals surface area contributed by atoms with Gasteiger partial charge in [0, 0.05) is 23.1 Å². The Balaban J connectivity index is 2.34. The monoisotopic (exact) mass is 247 g/mol. The van der Waals surface area contributed by atoms with Crippen LogP contribution in [0.1, 0.15) is 24.8 Å². The van der Waals surface area contributed by atoms with Gasteiger partial charge in [0.05, 0.1) is 0 Å². The molecule has 2 heteroatoms. The average Bonchev–Trinajstić information content (AvgIpc) is 2.34. The molecule has 1 N–H and O–H groups in total. The second kappa shape index (κ2) is 8.22. The van der Waals surface area contributed by atoms with Crippen molar-refractivity contribution in [1.82, 2.24) is 5.32 Å². The highest BCUT2D eigenvalue weighted by Gasteiger charge is 2.06. The molecule has 17 heavy (non-hydrogen) atoms. The lowest BCUT2D eigenvalue weighted by Crippen LogP contribution is -2.27. The second-order valence-electron chi connectivity index (χ2n) is 4.21. The third-order valence-electron chi connectivity index (χ3n) is 2.72. The number of benzene rings is 1. The van der Waals surface area contributed by atoms with Crippen LogP contribution in [0.15, 0.2) is 29.2 Å². The molecule has 1 atom stereocenters. The van der Waals surface area contributed by atoms with Gasteiger partial charge in [-0.25, -0.2) is 0 Å². The summed E-state index contributed by atoms with van der Waals surface area (Å²) in [6.07, 6.45) is 8.40. The molecule has 92 valence electrons. The van der Waals surface area contributed by atoms with Gasteiger partial charge in [0.2, 0.25) is 0 Å². The van der Waals surface area contributed by atoms with Crippen molar-refractivity contribution in [3.63, 3.8) is 0 Å². The van der Waals surface area contributed by atoms with Crippen LogP contribution < -0.4 is 5.32 Å². The first-order valence-electron chi connectivity index (χ1n) is 6.06. The molecule has 1 aromatic rings. The van der Waals surface area contributed by atoms with Crippen LogP contribution in [0.4, 0.5) is 0 Å². The molecule has 1 nitrogen and oxygen atoms in total. The van der Waals surface area contributed by atoms with Gasteiger partial charge in [-0.2, -0.15) is 0 Å². The summed E-state index contributed by atoms with van der Waals surface area (Å²) in [7, 11) is 2.03. The smallest absolute Gasteiger partial charge is 0.0159 e. The number of rotatable bonds is 7. The van der Waals surface area contributed by atoms with Gasteiger partial charge in [-0.1, -0.05) is 17.7 Å². The predicted molar refractivity (Wildman–Crippen MR) is 77.4 cm³/mol. The predicted octanol–water partition coefficient (Wildman–Crippen LogP) is 3.48. The third kappa shape index (κ3) is 5.81. The highest BCUT2D eigenvalue weighted by Crippen LogP contribution is 2.20. The van der Waals surface area contributed by atoms with E-state index in [1.165, 1.54) is 10.5 Å². The van der Waals surface area contributed by atoms with Crippen LogP contribution in [0.3, 0.4) is 0 Å². The van der Waals surface area contributed by atoms with Crippen molar-refractivity contribution in [2.45, 2.75) is 37.1 Å². The molecule has 0 heterocycles. The van der Waals surface area contributed by atoms with E-state index in [9.17, 15) is 0 Å². The summed E-state index contributed by atoms with van der Waals surface area (Å²) in [5, 5.41) is 3.36. The minimum atomic E-state index is 0.550. The number of hydrogen-bond donors (Lipinski definition) is 1. The van der Waals surface area contributed by atoms with Gasteiger partial charge in [-0.3, -0.25) is 0 Å². The van der Waals surface area contributed by atoms with Gasteiger partial charge in [-0.05, 0) is 38.9 Å². The van der Waals surface area contributed by atoms with Gasteiger partial charge >= 0.3 is 0 Å². The summed E-state index contributed by atoms with van der Waals surface area (Å²) in [6, 6.07) is 9.20. The van der Waals surface area contributed by atoms with Crippen molar-refractivity contribution in [3.8, 4) is 12.3 Å². The zero-order chi connectivity index (χ0) is 12.5. The van der Waals surface area contributed by atoms with Crippen LogP contribution in [0.25, 0.3) is 0 Å². The van der Waals surface area contributed by atoms with E-state index in [1.54, 1.807) is 0 Å². The van der Waals surface area contributed by atoms with Crippen LogP contribution in [-0.4, -0.2) is 18.8 Å². The number of hydrogen-bond acceptors (Lipinski definition) is 2. The zero-order valence-corrected chi connectivity index (χ0v) is 11.5. The molecule has 0 aliphatic carbocycles. The fourth-order valence-corrected chi connectivity index (χ4v) is 2.83. The quantitative estimate of drug-likeness (QED) is 0.450. The minimum Gasteiger partial charge on any atom is -0.316 e. The number of nitrogens with one attached hydrogen (secondary N) is 1. The Labute approximate surface area is 109 Å². The molecule has 1 unspecified atom stereocenters. The molecule has 1 rings (SSSR count). The van der Waals surface area contributed by atoms with Gasteiger partial charge < -0.3 is 5.32 Å². The molecular weight excluding hydrogens is 226 g/mol. The van der Waals surface area contributed by atoms with Crippen LogP contribution >= 0.6 is 11.8 Å². The van der Waals surface area contributed by atoms with Crippen LogP contribution in [0, 0.1) is 19.3 Å².